The normalized spacial score (nSPS) is 16.9. The van der Waals surface area contributed by atoms with E-state index in [-0.39, 0.29) is 11.9 Å². The zero-order valence-electron chi connectivity index (χ0n) is 17.7. The highest BCUT2D eigenvalue weighted by Gasteiger charge is 2.25. The standard InChI is InChI=1S/C23H34N4O/c1-17-12-14-27(15-13-17)22(20-8-6-5-7-9-20)16-24-23(28)11-10-21-18(2)25-26(4)19(21)3/h5-9,17,22H,10-16H2,1-4H3,(H,24,28). The highest BCUT2D eigenvalue weighted by atomic mass is 16.1. The van der Waals surface area contributed by atoms with Gasteiger partial charge in [0, 0.05) is 25.7 Å². The third-order valence-corrected chi connectivity index (χ3v) is 6.20. The first-order valence-electron chi connectivity index (χ1n) is 10.5. The Morgan fingerprint density at radius 3 is 2.50 bits per heavy atom. The van der Waals surface area contributed by atoms with Crippen LogP contribution >= 0.6 is 0 Å². The molecule has 1 fully saturated rings. The molecule has 1 atom stereocenters. The Bertz CT molecular complexity index is 775. The van der Waals surface area contributed by atoms with Crippen molar-refractivity contribution in [2.75, 3.05) is 19.6 Å². The number of likely N-dealkylation sites (tertiary alicyclic amines) is 1. The summed E-state index contributed by atoms with van der Waals surface area (Å²) in [6, 6.07) is 10.8. The van der Waals surface area contributed by atoms with Gasteiger partial charge in [0.15, 0.2) is 0 Å². The molecule has 1 saturated heterocycles. The Kier molecular flexibility index (Phi) is 6.89. The Morgan fingerprint density at radius 1 is 1.21 bits per heavy atom. The lowest BCUT2D eigenvalue weighted by molar-refractivity contribution is -0.121. The van der Waals surface area contributed by atoms with Crippen molar-refractivity contribution in [1.82, 2.24) is 20.0 Å². The highest BCUT2D eigenvalue weighted by molar-refractivity contribution is 5.76. The molecule has 5 nitrogen and oxygen atoms in total. The minimum absolute atomic E-state index is 0.119. The van der Waals surface area contributed by atoms with Crippen molar-refractivity contribution < 1.29 is 4.79 Å². The van der Waals surface area contributed by atoms with Crippen LogP contribution in [0, 0.1) is 19.8 Å². The van der Waals surface area contributed by atoms with Crippen molar-refractivity contribution in [3.63, 3.8) is 0 Å². The van der Waals surface area contributed by atoms with E-state index in [1.54, 1.807) is 0 Å². The average Bonchev–Trinajstić information content (AvgIpc) is 2.94. The molecule has 28 heavy (non-hydrogen) atoms. The molecular weight excluding hydrogens is 348 g/mol. The maximum atomic E-state index is 12.6. The predicted molar refractivity (Wildman–Crippen MR) is 113 cm³/mol. The summed E-state index contributed by atoms with van der Waals surface area (Å²) in [4.78, 5) is 15.1. The molecule has 1 amide bonds. The molecule has 0 radical (unpaired) electrons. The number of nitrogens with one attached hydrogen (secondary N) is 1. The van der Waals surface area contributed by atoms with Crippen molar-refractivity contribution in [1.29, 1.82) is 0 Å². The van der Waals surface area contributed by atoms with Crippen LogP contribution < -0.4 is 5.32 Å². The lowest BCUT2D eigenvalue weighted by Crippen LogP contribution is -2.42. The summed E-state index contributed by atoms with van der Waals surface area (Å²) in [5.41, 5.74) is 4.66. The maximum absolute atomic E-state index is 12.6. The van der Waals surface area contributed by atoms with Crippen LogP contribution in [0.2, 0.25) is 0 Å². The van der Waals surface area contributed by atoms with Crippen LogP contribution in [0.1, 0.15) is 54.7 Å². The van der Waals surface area contributed by atoms with Gasteiger partial charge in [0.1, 0.15) is 0 Å². The summed E-state index contributed by atoms with van der Waals surface area (Å²) >= 11 is 0. The molecular formula is C23H34N4O. The fourth-order valence-electron chi connectivity index (χ4n) is 4.19. The van der Waals surface area contributed by atoms with Gasteiger partial charge in [-0.1, -0.05) is 37.3 Å². The Hall–Kier alpha value is -2.14. The van der Waals surface area contributed by atoms with Crippen LogP contribution in [-0.4, -0.2) is 40.2 Å². The summed E-state index contributed by atoms with van der Waals surface area (Å²) in [6.07, 6.45) is 3.72. The average molecular weight is 383 g/mol. The lowest BCUT2D eigenvalue weighted by Gasteiger charge is -2.37. The summed E-state index contributed by atoms with van der Waals surface area (Å²) in [6.45, 7) is 9.29. The summed E-state index contributed by atoms with van der Waals surface area (Å²) in [5, 5.41) is 7.65. The zero-order chi connectivity index (χ0) is 20.1. The van der Waals surface area contributed by atoms with Crippen LogP contribution in [0.5, 0.6) is 0 Å². The summed E-state index contributed by atoms with van der Waals surface area (Å²) in [7, 11) is 1.95. The minimum atomic E-state index is 0.119. The first-order valence-corrected chi connectivity index (χ1v) is 10.5. The van der Waals surface area contributed by atoms with Gasteiger partial charge in [-0.2, -0.15) is 5.10 Å². The number of rotatable bonds is 7. The Labute approximate surface area is 169 Å². The van der Waals surface area contributed by atoms with Crippen LogP contribution in [0.4, 0.5) is 0 Å². The summed E-state index contributed by atoms with van der Waals surface area (Å²) in [5.74, 6) is 0.919. The van der Waals surface area contributed by atoms with E-state index in [0.29, 0.717) is 13.0 Å². The maximum Gasteiger partial charge on any atom is 0.220 e. The number of aryl methyl sites for hydroxylation is 2. The second kappa shape index (κ2) is 9.37. The third-order valence-electron chi connectivity index (χ3n) is 6.20. The van der Waals surface area contributed by atoms with Crippen LogP contribution in [0.25, 0.3) is 0 Å². The predicted octanol–water partition coefficient (Wildman–Crippen LogP) is 3.56. The molecule has 1 aromatic carbocycles. The molecule has 0 bridgehead atoms. The molecule has 0 saturated carbocycles. The zero-order valence-corrected chi connectivity index (χ0v) is 17.7. The van der Waals surface area contributed by atoms with Gasteiger partial charge >= 0.3 is 0 Å². The largest absolute Gasteiger partial charge is 0.354 e. The number of hydrogen-bond donors (Lipinski definition) is 1. The molecule has 1 N–H and O–H groups in total. The van der Waals surface area contributed by atoms with Gasteiger partial charge in [-0.3, -0.25) is 14.4 Å². The molecule has 0 spiro atoms. The molecule has 5 heteroatoms. The number of carbonyl (C=O) groups excluding carboxylic acids is 1. The smallest absolute Gasteiger partial charge is 0.220 e. The minimum Gasteiger partial charge on any atom is -0.354 e. The fourth-order valence-corrected chi connectivity index (χ4v) is 4.19. The molecule has 0 aliphatic carbocycles. The highest BCUT2D eigenvalue weighted by Crippen LogP contribution is 2.26. The van der Waals surface area contributed by atoms with Crippen molar-refractivity contribution in [2.45, 2.75) is 52.5 Å². The number of amides is 1. The van der Waals surface area contributed by atoms with Gasteiger partial charge in [0.2, 0.25) is 5.91 Å². The molecule has 1 aliphatic heterocycles. The first kappa shape index (κ1) is 20.6. The van der Waals surface area contributed by atoms with Gasteiger partial charge < -0.3 is 5.32 Å². The van der Waals surface area contributed by atoms with E-state index in [4.69, 9.17) is 0 Å². The Balaban J connectivity index is 1.59. The van der Waals surface area contributed by atoms with Crippen molar-refractivity contribution in [2.24, 2.45) is 13.0 Å². The van der Waals surface area contributed by atoms with E-state index in [1.165, 1.54) is 24.0 Å². The topological polar surface area (TPSA) is 50.2 Å². The van der Waals surface area contributed by atoms with E-state index < -0.39 is 0 Å². The second-order valence-corrected chi connectivity index (χ2v) is 8.22. The lowest BCUT2D eigenvalue weighted by atomic mass is 9.95. The van der Waals surface area contributed by atoms with Gasteiger partial charge in [0.25, 0.3) is 0 Å². The van der Waals surface area contributed by atoms with E-state index >= 15 is 0 Å². The number of aromatic nitrogens is 2. The van der Waals surface area contributed by atoms with E-state index in [2.05, 4.69) is 59.5 Å². The van der Waals surface area contributed by atoms with Crippen LogP contribution in [0.3, 0.4) is 0 Å². The van der Waals surface area contributed by atoms with Crippen LogP contribution in [-0.2, 0) is 18.3 Å². The molecule has 3 rings (SSSR count). The monoisotopic (exact) mass is 382 g/mol. The van der Waals surface area contributed by atoms with Gasteiger partial charge in [-0.25, -0.2) is 0 Å². The number of piperidine rings is 1. The quantitative estimate of drug-likeness (QED) is 0.797. The SMILES string of the molecule is Cc1nn(C)c(C)c1CCC(=O)NCC(c1ccccc1)N1CCC(C)CC1. The number of carbonyl (C=O) groups is 1. The third kappa shape index (κ3) is 5.02. The molecule has 1 aliphatic rings. The van der Waals surface area contributed by atoms with E-state index in [1.807, 2.05) is 18.7 Å². The molecule has 2 heterocycles. The summed E-state index contributed by atoms with van der Waals surface area (Å²) < 4.78 is 1.89. The van der Waals surface area contributed by atoms with Crippen LogP contribution in [0.15, 0.2) is 30.3 Å². The number of nitrogens with zero attached hydrogens (tertiary/aromatic N) is 3. The van der Waals surface area contributed by atoms with Crippen molar-refractivity contribution >= 4 is 5.91 Å². The number of hydrogen-bond acceptors (Lipinski definition) is 3. The second-order valence-electron chi connectivity index (χ2n) is 8.22. The van der Waals surface area contributed by atoms with Crippen molar-refractivity contribution in [3.05, 3.63) is 52.8 Å². The van der Waals surface area contributed by atoms with Gasteiger partial charge in [0.05, 0.1) is 11.7 Å². The van der Waals surface area contributed by atoms with E-state index in [9.17, 15) is 4.79 Å². The Morgan fingerprint density at radius 2 is 1.89 bits per heavy atom. The van der Waals surface area contributed by atoms with Gasteiger partial charge in [-0.05, 0) is 63.2 Å². The first-order chi connectivity index (χ1) is 13.5. The fraction of sp³-hybridized carbons (Fsp3) is 0.565. The molecule has 1 unspecified atom stereocenters. The number of benzene rings is 1. The molecule has 152 valence electrons. The van der Waals surface area contributed by atoms with Gasteiger partial charge in [-0.15, -0.1) is 0 Å². The van der Waals surface area contributed by atoms with Crippen molar-refractivity contribution in [3.8, 4) is 0 Å². The van der Waals surface area contributed by atoms with E-state index in [0.717, 1.165) is 36.8 Å². The molecule has 1 aromatic heterocycles. The molecule has 2 aromatic rings.